The quantitative estimate of drug-likeness (QED) is 0.571. The molecule has 162 valence electrons. The van der Waals surface area contributed by atoms with Crippen molar-refractivity contribution in [2.75, 3.05) is 43.4 Å². The second-order valence-corrected chi connectivity index (χ2v) is 8.09. The van der Waals surface area contributed by atoms with E-state index >= 15 is 0 Å². The van der Waals surface area contributed by atoms with Crippen LogP contribution >= 0.6 is 23.2 Å². The van der Waals surface area contributed by atoms with Crippen molar-refractivity contribution in [3.8, 4) is 11.3 Å². The standard InChI is InChI=1S/C12H17N3O.C11H8Cl2N2/c1-14-5-7-15(8-6-14)12-4-2-3-11(9-12)13-10-16;1-7-4-11(15-6-14-7)8-2-3-9(12)10(13)5-8/h2-4,9-10H,5-8H2,1H3,(H,13,16);2-6H,1H3. The third-order valence-corrected chi connectivity index (χ3v) is 5.70. The highest BCUT2D eigenvalue weighted by Crippen LogP contribution is 2.27. The molecule has 0 atom stereocenters. The number of hydrogen-bond donors (Lipinski definition) is 1. The number of nitrogens with one attached hydrogen (secondary N) is 1. The molecule has 1 saturated heterocycles. The molecule has 4 rings (SSSR count). The lowest BCUT2D eigenvalue weighted by molar-refractivity contribution is -0.105. The maximum Gasteiger partial charge on any atom is 0.211 e. The maximum absolute atomic E-state index is 10.4. The van der Waals surface area contributed by atoms with Gasteiger partial charge in [-0.05, 0) is 50.4 Å². The minimum atomic E-state index is 0.533. The molecule has 8 heteroatoms. The number of rotatable bonds is 4. The number of carbonyl (C=O) groups excluding carboxylic acids is 1. The highest BCUT2D eigenvalue weighted by molar-refractivity contribution is 6.42. The van der Waals surface area contributed by atoms with Crippen molar-refractivity contribution in [3.05, 3.63) is 70.6 Å². The van der Waals surface area contributed by atoms with Gasteiger partial charge in [-0.25, -0.2) is 9.97 Å². The SMILES string of the molecule is CN1CCN(c2cccc(NC=O)c2)CC1.Cc1cc(-c2ccc(Cl)c(Cl)c2)ncn1. The van der Waals surface area contributed by atoms with Gasteiger partial charge in [-0.3, -0.25) is 4.79 Å². The number of anilines is 2. The lowest BCUT2D eigenvalue weighted by Crippen LogP contribution is -2.44. The molecule has 0 saturated carbocycles. The van der Waals surface area contributed by atoms with Gasteiger partial charge in [0.05, 0.1) is 15.7 Å². The summed E-state index contributed by atoms with van der Waals surface area (Å²) >= 11 is 11.8. The number of halogens is 2. The van der Waals surface area contributed by atoms with E-state index in [9.17, 15) is 4.79 Å². The van der Waals surface area contributed by atoms with Crippen molar-refractivity contribution in [1.82, 2.24) is 14.9 Å². The molecule has 1 N–H and O–H groups in total. The first-order valence-electron chi connectivity index (χ1n) is 9.94. The van der Waals surface area contributed by atoms with Crippen molar-refractivity contribution >= 4 is 41.0 Å². The molecule has 3 aromatic rings. The summed E-state index contributed by atoms with van der Waals surface area (Å²) in [5.41, 5.74) is 4.74. The molecule has 1 aliphatic rings. The second-order valence-electron chi connectivity index (χ2n) is 7.28. The third kappa shape index (κ3) is 6.66. The van der Waals surface area contributed by atoms with Gasteiger partial charge < -0.3 is 15.1 Å². The van der Waals surface area contributed by atoms with Gasteiger partial charge in [-0.15, -0.1) is 0 Å². The van der Waals surface area contributed by atoms with Gasteiger partial charge in [-0.2, -0.15) is 0 Å². The van der Waals surface area contributed by atoms with E-state index in [1.807, 2.05) is 37.3 Å². The van der Waals surface area contributed by atoms with Gasteiger partial charge >= 0.3 is 0 Å². The van der Waals surface area contributed by atoms with Crippen LogP contribution in [0.4, 0.5) is 11.4 Å². The zero-order valence-electron chi connectivity index (χ0n) is 17.6. The smallest absolute Gasteiger partial charge is 0.211 e. The molecule has 1 fully saturated rings. The van der Waals surface area contributed by atoms with Crippen LogP contribution in [0.15, 0.2) is 54.9 Å². The number of benzene rings is 2. The fourth-order valence-corrected chi connectivity index (χ4v) is 3.49. The fraction of sp³-hybridized carbons (Fsp3) is 0.261. The van der Waals surface area contributed by atoms with Crippen LogP contribution in [0, 0.1) is 6.92 Å². The summed E-state index contributed by atoms with van der Waals surface area (Å²) in [6.45, 7) is 6.18. The Balaban J connectivity index is 0.000000176. The van der Waals surface area contributed by atoms with Gasteiger partial charge in [0, 0.05) is 48.8 Å². The van der Waals surface area contributed by atoms with E-state index in [4.69, 9.17) is 23.2 Å². The molecular formula is C23H25Cl2N5O. The zero-order valence-corrected chi connectivity index (χ0v) is 19.1. The number of amides is 1. The predicted molar refractivity (Wildman–Crippen MR) is 128 cm³/mol. The highest BCUT2D eigenvalue weighted by atomic mass is 35.5. The first kappa shape index (κ1) is 23.0. The van der Waals surface area contributed by atoms with Crippen molar-refractivity contribution in [2.45, 2.75) is 6.92 Å². The summed E-state index contributed by atoms with van der Waals surface area (Å²) in [6, 6.07) is 15.3. The minimum absolute atomic E-state index is 0.533. The lowest BCUT2D eigenvalue weighted by Gasteiger charge is -2.34. The topological polar surface area (TPSA) is 61.4 Å². The highest BCUT2D eigenvalue weighted by Gasteiger charge is 2.14. The summed E-state index contributed by atoms with van der Waals surface area (Å²) in [4.78, 5) is 23.2. The average Bonchev–Trinajstić information content (AvgIpc) is 2.77. The van der Waals surface area contributed by atoms with Crippen LogP contribution in [0.1, 0.15) is 5.69 Å². The van der Waals surface area contributed by atoms with Crippen LogP contribution < -0.4 is 10.2 Å². The number of piperazine rings is 1. The first-order valence-corrected chi connectivity index (χ1v) is 10.7. The maximum atomic E-state index is 10.4. The van der Waals surface area contributed by atoms with Crippen LogP contribution in [0.2, 0.25) is 10.0 Å². The predicted octanol–water partition coefficient (Wildman–Crippen LogP) is 4.77. The number of nitrogens with zero attached hydrogens (tertiary/aromatic N) is 4. The molecule has 0 radical (unpaired) electrons. The fourth-order valence-electron chi connectivity index (χ4n) is 3.19. The normalized spacial score (nSPS) is 13.9. The van der Waals surface area contributed by atoms with Crippen LogP contribution in [0.25, 0.3) is 11.3 Å². The molecule has 2 heterocycles. The monoisotopic (exact) mass is 457 g/mol. The molecule has 0 aliphatic carbocycles. The molecule has 0 bridgehead atoms. The molecule has 1 aliphatic heterocycles. The molecule has 0 spiro atoms. The average molecular weight is 458 g/mol. The van der Waals surface area contributed by atoms with Crippen LogP contribution in [-0.4, -0.2) is 54.5 Å². The summed E-state index contributed by atoms with van der Waals surface area (Å²) in [5, 5.41) is 3.76. The van der Waals surface area contributed by atoms with E-state index in [0.717, 1.165) is 48.8 Å². The van der Waals surface area contributed by atoms with Gasteiger partial charge in [0.15, 0.2) is 0 Å². The lowest BCUT2D eigenvalue weighted by atomic mass is 10.1. The Bertz CT molecular complexity index is 1020. The van der Waals surface area contributed by atoms with Gasteiger partial charge in [-0.1, -0.05) is 35.3 Å². The Hall–Kier alpha value is -2.67. The van der Waals surface area contributed by atoms with E-state index < -0.39 is 0 Å². The number of hydrogen-bond acceptors (Lipinski definition) is 5. The Morgan fingerprint density at radius 3 is 2.42 bits per heavy atom. The summed E-state index contributed by atoms with van der Waals surface area (Å²) < 4.78 is 0. The van der Waals surface area contributed by atoms with Crippen molar-refractivity contribution in [3.63, 3.8) is 0 Å². The van der Waals surface area contributed by atoms with E-state index in [1.54, 1.807) is 12.1 Å². The molecule has 31 heavy (non-hydrogen) atoms. The number of likely N-dealkylation sites (N-methyl/N-ethyl adjacent to an activating group) is 1. The number of aryl methyl sites for hydroxylation is 1. The number of aromatic nitrogens is 2. The Morgan fingerprint density at radius 1 is 0.968 bits per heavy atom. The Morgan fingerprint density at radius 2 is 1.74 bits per heavy atom. The first-order chi connectivity index (χ1) is 15.0. The van der Waals surface area contributed by atoms with Crippen molar-refractivity contribution in [1.29, 1.82) is 0 Å². The van der Waals surface area contributed by atoms with Gasteiger partial charge in [0.1, 0.15) is 6.33 Å². The summed E-state index contributed by atoms with van der Waals surface area (Å²) in [7, 11) is 2.14. The van der Waals surface area contributed by atoms with Crippen LogP contribution in [-0.2, 0) is 4.79 Å². The largest absolute Gasteiger partial charge is 0.369 e. The molecule has 2 aromatic carbocycles. The Labute approximate surface area is 192 Å². The molecule has 1 aromatic heterocycles. The van der Waals surface area contributed by atoms with Crippen molar-refractivity contribution in [2.24, 2.45) is 0 Å². The second kappa shape index (κ2) is 11.1. The summed E-state index contributed by atoms with van der Waals surface area (Å²) in [6.07, 6.45) is 2.25. The van der Waals surface area contributed by atoms with E-state index in [-0.39, 0.29) is 0 Å². The van der Waals surface area contributed by atoms with Gasteiger partial charge in [0.2, 0.25) is 6.41 Å². The van der Waals surface area contributed by atoms with Gasteiger partial charge in [0.25, 0.3) is 0 Å². The Kier molecular flexibility index (Phi) is 8.23. The third-order valence-electron chi connectivity index (χ3n) is 4.96. The molecular weight excluding hydrogens is 433 g/mol. The minimum Gasteiger partial charge on any atom is -0.369 e. The van der Waals surface area contributed by atoms with Crippen LogP contribution in [0.5, 0.6) is 0 Å². The van der Waals surface area contributed by atoms with E-state index in [0.29, 0.717) is 16.5 Å². The molecule has 6 nitrogen and oxygen atoms in total. The zero-order chi connectivity index (χ0) is 22.2. The van der Waals surface area contributed by atoms with E-state index in [1.165, 1.54) is 12.0 Å². The molecule has 0 unspecified atom stereocenters. The van der Waals surface area contributed by atoms with Crippen LogP contribution in [0.3, 0.4) is 0 Å². The summed E-state index contributed by atoms with van der Waals surface area (Å²) in [5.74, 6) is 0. The van der Waals surface area contributed by atoms with E-state index in [2.05, 4.69) is 38.2 Å². The number of carbonyl (C=O) groups is 1. The van der Waals surface area contributed by atoms with Crippen molar-refractivity contribution < 1.29 is 4.79 Å². The molecule has 1 amide bonds.